The van der Waals surface area contributed by atoms with E-state index in [4.69, 9.17) is 0 Å². The first-order chi connectivity index (χ1) is 9.07. The normalized spacial score (nSPS) is 23.2. The first-order valence-corrected chi connectivity index (χ1v) is 8.77. The van der Waals surface area contributed by atoms with Crippen LogP contribution >= 0.6 is 0 Å². The summed E-state index contributed by atoms with van der Waals surface area (Å²) in [7, 11) is -3.30. The Hall–Kier alpha value is -1.11. The van der Waals surface area contributed by atoms with E-state index in [0.717, 1.165) is 19.1 Å². The highest BCUT2D eigenvalue weighted by atomic mass is 32.2. The average molecular weight is 302 g/mol. The van der Waals surface area contributed by atoms with E-state index in [9.17, 15) is 18.0 Å². The van der Waals surface area contributed by atoms with Crippen molar-refractivity contribution in [3.63, 3.8) is 0 Å². The number of carbonyl (C=O) groups is 2. The Bertz CT molecular complexity index is 533. The molecule has 1 N–H and O–H groups in total. The van der Waals surface area contributed by atoms with Crippen LogP contribution < -0.4 is 5.32 Å². The number of carbonyl (C=O) groups excluding carboxylic acids is 2. The van der Waals surface area contributed by atoms with Crippen molar-refractivity contribution in [3.05, 3.63) is 0 Å². The van der Waals surface area contributed by atoms with Gasteiger partial charge < -0.3 is 10.2 Å². The molecule has 2 rings (SSSR count). The molecule has 0 atom stereocenters. The number of sulfone groups is 1. The van der Waals surface area contributed by atoms with Crippen LogP contribution in [0.4, 0.5) is 0 Å². The molecule has 1 saturated heterocycles. The maximum Gasteiger partial charge on any atom is 0.248 e. The lowest BCUT2D eigenvalue weighted by Crippen LogP contribution is -2.67. The lowest BCUT2D eigenvalue weighted by atomic mass is 9.92. The van der Waals surface area contributed by atoms with E-state index < -0.39 is 20.1 Å². The Kier molecular flexibility index (Phi) is 3.60. The Morgan fingerprint density at radius 1 is 1.25 bits per heavy atom. The Balaban J connectivity index is 2.24. The molecular formula is C13H22N2O4S. The molecule has 1 spiro atoms. The van der Waals surface area contributed by atoms with Crippen molar-refractivity contribution in [1.29, 1.82) is 0 Å². The predicted octanol–water partition coefficient (Wildman–Crippen LogP) is 0.0808. The SMILES string of the molecule is CC(C)(CN1CC(=O)NC2(CCCC2)C1=O)S(C)(=O)=O. The molecule has 1 aliphatic carbocycles. The molecule has 1 saturated carbocycles. The number of piperazine rings is 1. The second-order valence-corrected chi connectivity index (χ2v) is 9.18. The number of rotatable bonds is 3. The van der Waals surface area contributed by atoms with Crippen LogP contribution in [0.2, 0.25) is 0 Å². The van der Waals surface area contributed by atoms with Gasteiger partial charge in [0.05, 0.1) is 11.3 Å². The van der Waals surface area contributed by atoms with Gasteiger partial charge in [-0.2, -0.15) is 0 Å². The zero-order valence-electron chi connectivity index (χ0n) is 12.2. The van der Waals surface area contributed by atoms with Crippen LogP contribution in [0.15, 0.2) is 0 Å². The number of hydrogen-bond acceptors (Lipinski definition) is 4. The van der Waals surface area contributed by atoms with Gasteiger partial charge in [0.2, 0.25) is 11.8 Å². The van der Waals surface area contributed by atoms with Crippen molar-refractivity contribution in [1.82, 2.24) is 10.2 Å². The predicted molar refractivity (Wildman–Crippen MR) is 74.8 cm³/mol. The minimum absolute atomic E-state index is 0.0554. The molecule has 6 nitrogen and oxygen atoms in total. The van der Waals surface area contributed by atoms with Crippen LogP contribution in [0.25, 0.3) is 0 Å². The largest absolute Gasteiger partial charge is 0.340 e. The fraction of sp³-hybridized carbons (Fsp3) is 0.846. The molecule has 0 radical (unpaired) electrons. The van der Waals surface area contributed by atoms with E-state index in [1.807, 2.05) is 0 Å². The molecule has 0 aromatic heterocycles. The molecule has 2 aliphatic rings. The van der Waals surface area contributed by atoms with Crippen molar-refractivity contribution in [2.75, 3.05) is 19.3 Å². The van der Waals surface area contributed by atoms with Gasteiger partial charge in [-0.1, -0.05) is 12.8 Å². The van der Waals surface area contributed by atoms with Crippen LogP contribution in [-0.2, 0) is 19.4 Å². The number of nitrogens with one attached hydrogen (secondary N) is 1. The van der Waals surface area contributed by atoms with E-state index in [2.05, 4.69) is 5.32 Å². The molecule has 0 bridgehead atoms. The molecule has 0 aromatic rings. The Morgan fingerprint density at radius 3 is 2.30 bits per heavy atom. The molecule has 114 valence electrons. The van der Waals surface area contributed by atoms with Gasteiger partial charge in [0.25, 0.3) is 0 Å². The highest BCUT2D eigenvalue weighted by Crippen LogP contribution is 2.34. The minimum atomic E-state index is -3.30. The Labute approximate surface area is 119 Å². The summed E-state index contributed by atoms with van der Waals surface area (Å²) in [5.74, 6) is -0.331. The second kappa shape index (κ2) is 4.72. The topological polar surface area (TPSA) is 83.6 Å². The molecule has 0 aromatic carbocycles. The third-order valence-corrected chi connectivity index (χ3v) is 6.58. The van der Waals surface area contributed by atoms with Crippen LogP contribution in [-0.4, -0.2) is 54.8 Å². The molecule has 0 unspecified atom stereocenters. The number of hydrogen-bond donors (Lipinski definition) is 1. The van der Waals surface area contributed by atoms with Gasteiger partial charge in [-0.15, -0.1) is 0 Å². The molecule has 1 aliphatic heterocycles. The summed E-state index contributed by atoms with van der Waals surface area (Å²) in [6.45, 7) is 3.17. The number of nitrogens with zero attached hydrogens (tertiary/aromatic N) is 1. The summed E-state index contributed by atoms with van der Waals surface area (Å²) in [5.41, 5.74) is -0.789. The smallest absolute Gasteiger partial charge is 0.248 e. The quantitative estimate of drug-likeness (QED) is 0.800. The summed E-state index contributed by atoms with van der Waals surface area (Å²) in [4.78, 5) is 25.9. The molecule has 7 heteroatoms. The third kappa shape index (κ3) is 2.55. The van der Waals surface area contributed by atoms with E-state index in [1.165, 1.54) is 4.90 Å². The summed E-state index contributed by atoms with van der Waals surface area (Å²) in [6, 6.07) is 0. The van der Waals surface area contributed by atoms with Crippen LogP contribution in [0.3, 0.4) is 0 Å². The molecule has 2 fully saturated rings. The van der Waals surface area contributed by atoms with E-state index in [1.54, 1.807) is 13.8 Å². The minimum Gasteiger partial charge on any atom is -0.340 e. The standard InChI is InChI=1S/C13H22N2O4S/c1-12(2,20(3,18)19)9-15-8-10(16)14-13(11(15)17)6-4-5-7-13/h4-9H2,1-3H3,(H,14,16). The van der Waals surface area contributed by atoms with Crippen molar-refractivity contribution < 1.29 is 18.0 Å². The summed E-state index contributed by atoms with van der Waals surface area (Å²) >= 11 is 0. The maximum absolute atomic E-state index is 12.6. The average Bonchev–Trinajstić information content (AvgIpc) is 2.73. The van der Waals surface area contributed by atoms with Gasteiger partial charge in [0.1, 0.15) is 5.54 Å². The van der Waals surface area contributed by atoms with E-state index in [-0.39, 0.29) is 24.9 Å². The van der Waals surface area contributed by atoms with Crippen LogP contribution in [0.5, 0.6) is 0 Å². The van der Waals surface area contributed by atoms with Gasteiger partial charge in [0.15, 0.2) is 9.84 Å². The first kappa shape index (κ1) is 15.3. The van der Waals surface area contributed by atoms with Gasteiger partial charge in [-0.25, -0.2) is 8.42 Å². The van der Waals surface area contributed by atoms with Gasteiger partial charge in [0, 0.05) is 12.8 Å². The molecular weight excluding hydrogens is 280 g/mol. The van der Waals surface area contributed by atoms with Crippen molar-refractivity contribution in [3.8, 4) is 0 Å². The van der Waals surface area contributed by atoms with Crippen LogP contribution in [0, 0.1) is 0 Å². The first-order valence-electron chi connectivity index (χ1n) is 6.87. The summed E-state index contributed by atoms with van der Waals surface area (Å²) in [5, 5.41) is 2.82. The second-order valence-electron chi connectivity index (χ2n) is 6.53. The fourth-order valence-corrected chi connectivity index (χ4v) is 3.32. The van der Waals surface area contributed by atoms with Crippen LogP contribution in [0.1, 0.15) is 39.5 Å². The highest BCUT2D eigenvalue weighted by molar-refractivity contribution is 7.92. The summed E-state index contributed by atoms with van der Waals surface area (Å²) in [6.07, 6.45) is 4.28. The van der Waals surface area contributed by atoms with Gasteiger partial charge in [-0.3, -0.25) is 9.59 Å². The summed E-state index contributed by atoms with van der Waals surface area (Å²) < 4.78 is 22.5. The number of amides is 2. The lowest BCUT2D eigenvalue weighted by molar-refractivity contribution is -0.150. The third-order valence-electron chi connectivity index (χ3n) is 4.44. The fourth-order valence-electron chi connectivity index (χ4n) is 2.93. The molecule has 1 heterocycles. The van der Waals surface area contributed by atoms with E-state index in [0.29, 0.717) is 12.8 Å². The highest BCUT2D eigenvalue weighted by Gasteiger charge is 2.49. The zero-order valence-corrected chi connectivity index (χ0v) is 13.0. The molecule has 20 heavy (non-hydrogen) atoms. The van der Waals surface area contributed by atoms with Crippen molar-refractivity contribution in [2.45, 2.75) is 49.8 Å². The molecule has 2 amide bonds. The zero-order chi connectivity index (χ0) is 15.2. The van der Waals surface area contributed by atoms with Gasteiger partial charge >= 0.3 is 0 Å². The Morgan fingerprint density at radius 2 is 1.80 bits per heavy atom. The van der Waals surface area contributed by atoms with Crippen molar-refractivity contribution in [2.24, 2.45) is 0 Å². The monoisotopic (exact) mass is 302 g/mol. The van der Waals surface area contributed by atoms with E-state index >= 15 is 0 Å². The van der Waals surface area contributed by atoms with Gasteiger partial charge in [-0.05, 0) is 26.7 Å². The maximum atomic E-state index is 12.6. The lowest BCUT2D eigenvalue weighted by Gasteiger charge is -2.42. The van der Waals surface area contributed by atoms with Crippen molar-refractivity contribution >= 4 is 21.7 Å².